The highest BCUT2D eigenvalue weighted by Gasteiger charge is 2.17. The summed E-state index contributed by atoms with van der Waals surface area (Å²) in [6.07, 6.45) is -0.588. The monoisotopic (exact) mass is 285 g/mol. The van der Waals surface area contributed by atoms with E-state index in [2.05, 4.69) is 5.32 Å². The number of rotatable bonds is 5. The van der Waals surface area contributed by atoms with E-state index in [0.29, 0.717) is 5.56 Å². The maximum atomic E-state index is 13.6. The molecule has 1 aromatic carbocycles. The van der Waals surface area contributed by atoms with Gasteiger partial charge in [0.05, 0.1) is 6.61 Å². The van der Waals surface area contributed by atoms with Gasteiger partial charge in [0.15, 0.2) is 11.6 Å². The topological polar surface area (TPSA) is 67.8 Å². The summed E-state index contributed by atoms with van der Waals surface area (Å²) in [6, 6.07) is 4.41. The number of carbonyl (C=O) groups excluding carboxylic acids is 1. The third kappa shape index (κ3) is 5.44. The number of para-hydroxylation sites is 1. The molecule has 0 radical (unpaired) electrons. The summed E-state index contributed by atoms with van der Waals surface area (Å²) >= 11 is 0. The van der Waals surface area contributed by atoms with Crippen LogP contribution >= 0.6 is 0 Å². The van der Waals surface area contributed by atoms with E-state index in [9.17, 15) is 9.18 Å². The minimum Gasteiger partial charge on any atom is -0.488 e. The number of aliphatic hydroxyl groups is 1. The van der Waals surface area contributed by atoms with Crippen LogP contribution in [0.4, 0.5) is 9.18 Å². The van der Waals surface area contributed by atoms with Gasteiger partial charge in [-0.05, 0) is 26.8 Å². The first-order valence-corrected chi connectivity index (χ1v) is 6.31. The van der Waals surface area contributed by atoms with Crippen molar-refractivity contribution in [3.8, 4) is 5.75 Å². The molecule has 1 amide bonds. The van der Waals surface area contributed by atoms with Gasteiger partial charge in [-0.15, -0.1) is 0 Å². The summed E-state index contributed by atoms with van der Waals surface area (Å²) in [5, 5.41) is 11.2. The Balaban J connectivity index is 2.67. The summed E-state index contributed by atoms with van der Waals surface area (Å²) < 4.78 is 23.8. The second-order valence-electron chi connectivity index (χ2n) is 5.16. The minimum absolute atomic E-state index is 0.0135. The fourth-order valence-electron chi connectivity index (χ4n) is 1.48. The van der Waals surface area contributed by atoms with Crippen LogP contribution in [-0.4, -0.2) is 30.0 Å². The van der Waals surface area contributed by atoms with Crippen molar-refractivity contribution in [3.63, 3.8) is 0 Å². The average molecular weight is 285 g/mol. The molecule has 0 spiro atoms. The van der Waals surface area contributed by atoms with E-state index < -0.39 is 17.5 Å². The number of halogens is 1. The van der Waals surface area contributed by atoms with Gasteiger partial charge in [0.25, 0.3) is 0 Å². The first-order valence-electron chi connectivity index (χ1n) is 6.31. The molecule has 1 aromatic rings. The lowest BCUT2D eigenvalue weighted by Crippen LogP contribution is -2.32. The molecule has 0 saturated heterocycles. The maximum absolute atomic E-state index is 13.6. The fraction of sp³-hybridized carbons (Fsp3) is 0.500. The van der Waals surface area contributed by atoms with Crippen LogP contribution in [0.3, 0.4) is 0 Å². The molecule has 0 fully saturated rings. The van der Waals surface area contributed by atoms with E-state index in [0.717, 1.165) is 0 Å². The number of carbonyl (C=O) groups is 1. The normalized spacial score (nSPS) is 11.1. The van der Waals surface area contributed by atoms with E-state index >= 15 is 0 Å². The molecule has 0 bridgehead atoms. The van der Waals surface area contributed by atoms with E-state index in [-0.39, 0.29) is 25.5 Å². The highest BCUT2D eigenvalue weighted by atomic mass is 19.1. The Kier molecular flexibility index (Phi) is 5.76. The van der Waals surface area contributed by atoms with Crippen molar-refractivity contribution in [2.45, 2.75) is 32.9 Å². The molecule has 0 aliphatic carbocycles. The number of alkyl carbamates (subject to hydrolysis) is 1. The zero-order valence-corrected chi connectivity index (χ0v) is 11.9. The van der Waals surface area contributed by atoms with Crippen molar-refractivity contribution in [1.29, 1.82) is 0 Å². The molecule has 0 atom stereocenters. The largest absolute Gasteiger partial charge is 0.488 e. The van der Waals surface area contributed by atoms with Crippen molar-refractivity contribution in [1.82, 2.24) is 5.32 Å². The summed E-state index contributed by atoms with van der Waals surface area (Å²) in [5.74, 6) is -0.514. The molecule has 20 heavy (non-hydrogen) atoms. The smallest absolute Gasteiger partial charge is 0.407 e. The number of nitrogens with one attached hydrogen (secondary N) is 1. The Hall–Kier alpha value is -1.82. The third-order valence-electron chi connectivity index (χ3n) is 2.21. The summed E-state index contributed by atoms with van der Waals surface area (Å²) in [4.78, 5) is 11.5. The number of hydrogen-bond donors (Lipinski definition) is 2. The van der Waals surface area contributed by atoms with E-state index in [1.807, 2.05) is 0 Å². The lowest BCUT2D eigenvalue weighted by molar-refractivity contribution is 0.0523. The van der Waals surface area contributed by atoms with Gasteiger partial charge >= 0.3 is 6.09 Å². The van der Waals surface area contributed by atoms with Gasteiger partial charge in [0.1, 0.15) is 12.2 Å². The number of amides is 1. The van der Waals surface area contributed by atoms with Gasteiger partial charge in [-0.3, -0.25) is 0 Å². The Morgan fingerprint density at radius 1 is 1.40 bits per heavy atom. The second kappa shape index (κ2) is 7.09. The molecule has 0 aliphatic rings. The van der Waals surface area contributed by atoms with Crippen LogP contribution in [0.5, 0.6) is 5.75 Å². The molecule has 0 aromatic heterocycles. The number of hydrogen-bond acceptors (Lipinski definition) is 4. The number of ether oxygens (including phenoxy) is 2. The van der Waals surface area contributed by atoms with Crippen molar-refractivity contribution in [3.05, 3.63) is 29.6 Å². The second-order valence-corrected chi connectivity index (χ2v) is 5.16. The number of benzene rings is 1. The van der Waals surface area contributed by atoms with Crippen LogP contribution in [0.25, 0.3) is 0 Å². The van der Waals surface area contributed by atoms with Crippen LogP contribution in [0.1, 0.15) is 26.3 Å². The average Bonchev–Trinajstić information content (AvgIpc) is 2.33. The standard InChI is InChI=1S/C14H20FNO4/c1-14(2,3)20-13(18)16-9-10-5-4-6-11(15)12(10)19-8-7-17/h4-6,17H,7-9H2,1-3H3,(H,16,18). The third-order valence-corrected chi connectivity index (χ3v) is 2.21. The predicted octanol–water partition coefficient (Wildman–Crippen LogP) is 2.22. The molecule has 2 N–H and O–H groups in total. The Morgan fingerprint density at radius 3 is 2.70 bits per heavy atom. The molecular formula is C14H20FNO4. The Labute approximate surface area is 117 Å². The molecule has 0 saturated carbocycles. The Bertz CT molecular complexity index is 457. The van der Waals surface area contributed by atoms with Gasteiger partial charge in [-0.2, -0.15) is 0 Å². The van der Waals surface area contributed by atoms with Gasteiger partial charge in [-0.25, -0.2) is 9.18 Å². The van der Waals surface area contributed by atoms with E-state index in [1.165, 1.54) is 12.1 Å². The van der Waals surface area contributed by atoms with Crippen LogP contribution < -0.4 is 10.1 Å². The van der Waals surface area contributed by atoms with Crippen LogP contribution in [0.15, 0.2) is 18.2 Å². The molecular weight excluding hydrogens is 265 g/mol. The van der Waals surface area contributed by atoms with Crippen molar-refractivity contribution in [2.24, 2.45) is 0 Å². The van der Waals surface area contributed by atoms with Gasteiger partial charge in [0.2, 0.25) is 0 Å². The van der Waals surface area contributed by atoms with Gasteiger partial charge in [-0.1, -0.05) is 12.1 Å². The Morgan fingerprint density at radius 2 is 2.10 bits per heavy atom. The van der Waals surface area contributed by atoms with E-state index in [4.69, 9.17) is 14.6 Å². The molecule has 112 valence electrons. The summed E-state index contributed by atoms with van der Waals surface area (Å²) in [7, 11) is 0. The highest BCUT2D eigenvalue weighted by molar-refractivity contribution is 5.67. The SMILES string of the molecule is CC(C)(C)OC(=O)NCc1cccc(F)c1OCCO. The first-order chi connectivity index (χ1) is 9.33. The van der Waals surface area contributed by atoms with Crippen LogP contribution in [-0.2, 0) is 11.3 Å². The van der Waals surface area contributed by atoms with Crippen molar-refractivity contribution in [2.75, 3.05) is 13.2 Å². The molecule has 6 heteroatoms. The minimum atomic E-state index is -0.595. The fourth-order valence-corrected chi connectivity index (χ4v) is 1.48. The van der Waals surface area contributed by atoms with E-state index in [1.54, 1.807) is 26.8 Å². The zero-order valence-electron chi connectivity index (χ0n) is 11.9. The van der Waals surface area contributed by atoms with Crippen molar-refractivity contribution < 1.29 is 23.8 Å². The maximum Gasteiger partial charge on any atom is 0.407 e. The molecule has 5 nitrogen and oxygen atoms in total. The number of aliphatic hydroxyl groups excluding tert-OH is 1. The highest BCUT2D eigenvalue weighted by Crippen LogP contribution is 2.22. The first kappa shape index (κ1) is 16.2. The van der Waals surface area contributed by atoms with Gasteiger partial charge in [0, 0.05) is 12.1 Å². The lowest BCUT2D eigenvalue weighted by atomic mass is 10.2. The summed E-state index contributed by atoms with van der Waals surface area (Å²) in [6.45, 7) is 5.11. The molecule has 0 unspecified atom stereocenters. The van der Waals surface area contributed by atoms with Crippen LogP contribution in [0, 0.1) is 5.82 Å². The van der Waals surface area contributed by atoms with Crippen LogP contribution in [0.2, 0.25) is 0 Å². The van der Waals surface area contributed by atoms with Crippen molar-refractivity contribution >= 4 is 6.09 Å². The van der Waals surface area contributed by atoms with Gasteiger partial charge < -0.3 is 19.9 Å². The molecule has 0 aliphatic heterocycles. The summed E-state index contributed by atoms with van der Waals surface area (Å²) in [5.41, 5.74) is -0.119. The quantitative estimate of drug-likeness (QED) is 0.870. The lowest BCUT2D eigenvalue weighted by Gasteiger charge is -2.20. The zero-order chi connectivity index (χ0) is 15.2. The molecule has 0 heterocycles. The predicted molar refractivity (Wildman–Crippen MR) is 72.1 cm³/mol. The molecule has 1 rings (SSSR count).